The van der Waals surface area contributed by atoms with Gasteiger partial charge >= 0.3 is 5.97 Å². The minimum absolute atomic E-state index is 0.142. The van der Waals surface area contributed by atoms with E-state index in [2.05, 4.69) is 21.1 Å². The van der Waals surface area contributed by atoms with E-state index in [1.807, 2.05) is 24.3 Å². The van der Waals surface area contributed by atoms with Gasteiger partial charge in [-0.1, -0.05) is 36.4 Å². The zero-order chi connectivity index (χ0) is 29.0. The van der Waals surface area contributed by atoms with Gasteiger partial charge in [-0.3, -0.25) is 9.36 Å². The molecule has 3 aromatic heterocycles. The first kappa shape index (κ1) is 26.4. The maximum Gasteiger partial charge on any atom is 0.305 e. The molecule has 1 saturated carbocycles. The summed E-state index contributed by atoms with van der Waals surface area (Å²) in [4.78, 5) is 26.8. The highest BCUT2D eigenvalue weighted by molar-refractivity contribution is 6.05. The van der Waals surface area contributed by atoms with Crippen LogP contribution in [0.2, 0.25) is 0 Å². The van der Waals surface area contributed by atoms with Crippen molar-refractivity contribution in [2.45, 2.75) is 63.1 Å². The largest absolute Gasteiger partial charge is 0.481 e. The molecule has 2 fully saturated rings. The third kappa shape index (κ3) is 4.62. The number of nitrogens with zero attached hydrogens (tertiary/aromatic N) is 5. The van der Waals surface area contributed by atoms with Crippen molar-refractivity contribution in [3.63, 3.8) is 0 Å². The fraction of sp³-hybridized carbons (Fsp3) is 0.355. The number of ether oxygens (including phenoxy) is 1. The summed E-state index contributed by atoms with van der Waals surface area (Å²) in [7, 11) is 0. The predicted octanol–water partition coefficient (Wildman–Crippen LogP) is 6.84. The van der Waals surface area contributed by atoms with Crippen LogP contribution in [0.1, 0.15) is 56.8 Å². The number of rotatable bonds is 7. The number of alkyl halides is 2. The topological polar surface area (TPSA) is 107 Å². The molecule has 11 heteroatoms. The lowest BCUT2D eigenvalue weighted by atomic mass is 9.91. The van der Waals surface area contributed by atoms with Crippen molar-refractivity contribution >= 4 is 44.9 Å². The van der Waals surface area contributed by atoms with Crippen LogP contribution in [0.15, 0.2) is 65.1 Å². The second-order valence-corrected chi connectivity index (χ2v) is 11.1. The lowest BCUT2D eigenvalue weighted by Crippen LogP contribution is -2.33. The second kappa shape index (κ2) is 10.4. The minimum Gasteiger partial charge on any atom is -0.481 e. The van der Waals surface area contributed by atoms with Gasteiger partial charge in [0, 0.05) is 23.9 Å². The highest BCUT2D eigenvalue weighted by atomic mass is 19.3. The van der Waals surface area contributed by atoms with Crippen LogP contribution in [-0.4, -0.2) is 49.3 Å². The van der Waals surface area contributed by atoms with Gasteiger partial charge in [-0.05, 0) is 49.9 Å². The molecule has 0 radical (unpaired) electrons. The van der Waals surface area contributed by atoms with Crippen molar-refractivity contribution in [1.82, 2.24) is 19.5 Å². The van der Waals surface area contributed by atoms with E-state index in [0.29, 0.717) is 23.4 Å². The predicted molar refractivity (Wildman–Crippen MR) is 153 cm³/mol. The Hall–Kier alpha value is -4.54. The molecule has 4 heterocycles. The van der Waals surface area contributed by atoms with E-state index in [1.165, 1.54) is 5.57 Å². The van der Waals surface area contributed by atoms with Crippen molar-refractivity contribution < 1.29 is 27.8 Å². The number of anilines is 1. The van der Waals surface area contributed by atoms with Gasteiger partial charge in [-0.25, -0.2) is 18.7 Å². The highest BCUT2D eigenvalue weighted by Gasteiger charge is 2.39. The summed E-state index contributed by atoms with van der Waals surface area (Å²) in [5, 5.41) is 10.3. The number of allylic oxidation sites excluding steroid dienone is 1. The van der Waals surface area contributed by atoms with Gasteiger partial charge in [0.15, 0.2) is 17.2 Å². The van der Waals surface area contributed by atoms with E-state index in [4.69, 9.17) is 14.1 Å². The number of carboxylic acids is 1. The van der Waals surface area contributed by atoms with Crippen LogP contribution < -0.4 is 9.64 Å². The van der Waals surface area contributed by atoms with Crippen LogP contribution in [0.4, 0.5) is 14.6 Å². The Labute approximate surface area is 239 Å². The summed E-state index contributed by atoms with van der Waals surface area (Å²) in [5.41, 5.74) is 4.03. The first-order valence-electron chi connectivity index (χ1n) is 14.1. The Morgan fingerprint density at radius 2 is 1.86 bits per heavy atom. The molecular weight excluding hydrogens is 544 g/mol. The number of hydrogen-bond acceptors (Lipinski definition) is 7. The molecule has 9 nitrogen and oxygen atoms in total. The number of benzene rings is 2. The first-order chi connectivity index (χ1) is 20.4. The third-order valence-electron chi connectivity index (χ3n) is 8.34. The molecule has 0 unspecified atom stereocenters. The van der Waals surface area contributed by atoms with Gasteiger partial charge < -0.3 is 19.2 Å². The number of carbonyl (C=O) groups is 1. The van der Waals surface area contributed by atoms with E-state index >= 15 is 0 Å². The Balaban J connectivity index is 1.28. The maximum atomic E-state index is 14.0. The fourth-order valence-electron chi connectivity index (χ4n) is 6.38. The molecule has 0 bridgehead atoms. The van der Waals surface area contributed by atoms with Gasteiger partial charge in [0.1, 0.15) is 17.2 Å². The average Bonchev–Trinajstić information content (AvgIpc) is 3.66. The van der Waals surface area contributed by atoms with Gasteiger partial charge in [-0.2, -0.15) is 4.98 Å². The monoisotopic (exact) mass is 573 g/mol. The number of halogens is 2. The summed E-state index contributed by atoms with van der Waals surface area (Å²) in [5.74, 6) is -1.50. The summed E-state index contributed by atoms with van der Waals surface area (Å²) >= 11 is 0. The van der Waals surface area contributed by atoms with Gasteiger partial charge in [-0.15, -0.1) is 0 Å². The molecule has 5 aromatic rings. The number of carboxylic acid groups (broad SMARTS) is 1. The summed E-state index contributed by atoms with van der Waals surface area (Å²) in [6.07, 6.45) is 0.451. The number of para-hydroxylation sites is 3. The zero-order valence-corrected chi connectivity index (χ0v) is 22.7. The SMILES string of the molecule is C=C1CCC(n2c(O[C@H]3C[C@@H](CC(=O)O)N(c4nc(C(F)F)nc5c4oc4ccccc45)C3)nc3ccccc32)CC1. The van der Waals surface area contributed by atoms with Gasteiger partial charge in [0.2, 0.25) is 0 Å². The molecule has 1 aliphatic carbocycles. The molecule has 0 amide bonds. The van der Waals surface area contributed by atoms with E-state index in [0.717, 1.165) is 36.7 Å². The molecule has 1 N–H and O–H groups in total. The Kier molecular flexibility index (Phi) is 6.52. The molecule has 216 valence electrons. The average molecular weight is 574 g/mol. The number of hydrogen-bond donors (Lipinski definition) is 1. The van der Waals surface area contributed by atoms with Crippen molar-refractivity contribution in [3.8, 4) is 6.01 Å². The van der Waals surface area contributed by atoms with Crippen molar-refractivity contribution in [1.29, 1.82) is 0 Å². The Morgan fingerprint density at radius 1 is 1.10 bits per heavy atom. The van der Waals surface area contributed by atoms with Crippen molar-refractivity contribution in [2.24, 2.45) is 0 Å². The number of imidazole rings is 1. The van der Waals surface area contributed by atoms with Crippen LogP contribution in [-0.2, 0) is 4.79 Å². The van der Waals surface area contributed by atoms with Crippen LogP contribution in [0.25, 0.3) is 33.1 Å². The number of aromatic nitrogens is 4. The minimum atomic E-state index is -2.92. The summed E-state index contributed by atoms with van der Waals surface area (Å²) in [6, 6.07) is 15.0. The van der Waals surface area contributed by atoms with Gasteiger partial charge in [0.05, 0.1) is 24.0 Å². The van der Waals surface area contributed by atoms with Gasteiger partial charge in [0.25, 0.3) is 12.4 Å². The van der Waals surface area contributed by atoms with Crippen LogP contribution in [0.3, 0.4) is 0 Å². The van der Waals surface area contributed by atoms with Crippen molar-refractivity contribution in [3.05, 3.63) is 66.5 Å². The normalized spacial score (nSPS) is 20.0. The molecule has 0 spiro atoms. The molecule has 42 heavy (non-hydrogen) atoms. The molecule has 2 atom stereocenters. The smallest absolute Gasteiger partial charge is 0.305 e. The zero-order valence-electron chi connectivity index (χ0n) is 22.7. The number of fused-ring (bicyclic) bond motifs is 4. The summed E-state index contributed by atoms with van der Waals surface area (Å²) in [6.45, 7) is 4.36. The molecule has 2 aromatic carbocycles. The van der Waals surface area contributed by atoms with E-state index in [-0.39, 0.29) is 35.9 Å². The van der Waals surface area contributed by atoms with E-state index in [1.54, 1.807) is 29.2 Å². The lowest BCUT2D eigenvalue weighted by Gasteiger charge is -2.27. The molecule has 1 aliphatic heterocycles. The van der Waals surface area contributed by atoms with Crippen molar-refractivity contribution in [2.75, 3.05) is 11.4 Å². The molecule has 1 saturated heterocycles. The highest BCUT2D eigenvalue weighted by Crippen LogP contribution is 2.40. The Bertz CT molecular complexity index is 1820. The Morgan fingerprint density at radius 3 is 2.64 bits per heavy atom. The van der Waals surface area contributed by atoms with Crippen LogP contribution >= 0.6 is 0 Å². The molecule has 2 aliphatic rings. The third-order valence-corrected chi connectivity index (χ3v) is 8.34. The standard InChI is InChI=1S/C31H29F2N5O4/c1-17-10-12-18(13-11-17)38-23-8-4-3-7-22(23)34-31(38)41-20-14-19(15-25(39)40)37(16-20)30-27-26(35-29(36-30)28(32)33)21-6-2-5-9-24(21)42-27/h2-9,18-20,28H,1,10-16H2,(H,39,40)/t19-,20-/m0/s1. The fourth-order valence-corrected chi connectivity index (χ4v) is 6.38. The molecular formula is C31H29F2N5O4. The quantitative estimate of drug-likeness (QED) is 0.211. The van der Waals surface area contributed by atoms with Crippen LogP contribution in [0.5, 0.6) is 6.01 Å². The molecule has 7 rings (SSSR count). The maximum absolute atomic E-state index is 14.0. The summed E-state index contributed by atoms with van der Waals surface area (Å²) < 4.78 is 42.7. The second-order valence-electron chi connectivity index (χ2n) is 11.1. The first-order valence-corrected chi connectivity index (χ1v) is 14.1. The van der Waals surface area contributed by atoms with E-state index < -0.39 is 30.4 Å². The number of aliphatic carboxylic acids is 1. The lowest BCUT2D eigenvalue weighted by molar-refractivity contribution is -0.137. The number of furan rings is 1. The van der Waals surface area contributed by atoms with Crippen LogP contribution in [0, 0.1) is 0 Å². The van der Waals surface area contributed by atoms with E-state index in [9.17, 15) is 18.7 Å².